The van der Waals surface area contributed by atoms with Gasteiger partial charge in [0, 0.05) is 25.9 Å². The normalized spacial score (nSPS) is 11.0. The lowest BCUT2D eigenvalue weighted by Crippen LogP contribution is -2.24. The Bertz CT molecular complexity index is 1180. The van der Waals surface area contributed by atoms with Crippen LogP contribution in [0.1, 0.15) is 42.6 Å². The minimum atomic E-state index is 0.130. The molecule has 176 valence electrons. The van der Waals surface area contributed by atoms with Gasteiger partial charge in [0.1, 0.15) is 11.6 Å². The van der Waals surface area contributed by atoms with E-state index in [0.29, 0.717) is 6.42 Å². The molecule has 1 N–H and O–H groups in total. The summed E-state index contributed by atoms with van der Waals surface area (Å²) in [5.74, 6) is 2.11. The number of carbonyl (C=O) groups is 1. The minimum absolute atomic E-state index is 0.130. The molecule has 1 amide bonds. The maximum absolute atomic E-state index is 12.1. The second kappa shape index (κ2) is 12.0. The summed E-state index contributed by atoms with van der Waals surface area (Å²) in [5, 5.41) is 3.06. The molecular weight excluding hydrogens is 422 g/mol. The highest BCUT2D eigenvalue weighted by Crippen LogP contribution is 2.21. The van der Waals surface area contributed by atoms with Gasteiger partial charge in [-0.3, -0.25) is 4.79 Å². The number of aromatic nitrogens is 2. The smallest absolute Gasteiger partial charge is 0.220 e. The summed E-state index contributed by atoms with van der Waals surface area (Å²) >= 11 is 0. The highest BCUT2D eigenvalue weighted by atomic mass is 16.5. The summed E-state index contributed by atoms with van der Waals surface area (Å²) in [5.41, 5.74) is 4.63. The van der Waals surface area contributed by atoms with E-state index in [9.17, 15) is 4.79 Å². The first-order chi connectivity index (χ1) is 16.7. The van der Waals surface area contributed by atoms with Crippen LogP contribution in [0.25, 0.3) is 11.0 Å². The van der Waals surface area contributed by atoms with E-state index in [0.717, 1.165) is 62.3 Å². The molecule has 1 aromatic heterocycles. The van der Waals surface area contributed by atoms with Crippen molar-refractivity contribution in [1.82, 2.24) is 14.9 Å². The van der Waals surface area contributed by atoms with Crippen molar-refractivity contribution in [1.29, 1.82) is 0 Å². The minimum Gasteiger partial charge on any atom is -0.497 e. The van der Waals surface area contributed by atoms with E-state index in [1.807, 2.05) is 36.4 Å². The van der Waals surface area contributed by atoms with Crippen molar-refractivity contribution >= 4 is 16.9 Å². The van der Waals surface area contributed by atoms with Gasteiger partial charge in [0.05, 0.1) is 18.1 Å². The number of hydrogen-bond acceptors (Lipinski definition) is 3. The number of carbonyl (C=O) groups excluding carboxylic acids is 1. The van der Waals surface area contributed by atoms with E-state index in [1.165, 1.54) is 16.6 Å². The summed E-state index contributed by atoms with van der Waals surface area (Å²) in [6, 6.07) is 26.7. The maximum Gasteiger partial charge on any atom is 0.220 e. The largest absolute Gasteiger partial charge is 0.497 e. The number of amides is 1. The van der Waals surface area contributed by atoms with E-state index in [1.54, 1.807) is 7.11 Å². The predicted molar refractivity (Wildman–Crippen MR) is 137 cm³/mol. The average Bonchev–Trinajstić information content (AvgIpc) is 3.23. The Morgan fingerprint density at radius 1 is 0.853 bits per heavy atom. The summed E-state index contributed by atoms with van der Waals surface area (Å²) in [4.78, 5) is 17.0. The first-order valence-electron chi connectivity index (χ1n) is 12.1. The van der Waals surface area contributed by atoms with Crippen molar-refractivity contribution in [2.45, 2.75) is 45.1 Å². The van der Waals surface area contributed by atoms with Crippen LogP contribution in [0.4, 0.5) is 0 Å². The van der Waals surface area contributed by atoms with Gasteiger partial charge in [-0.05, 0) is 54.7 Å². The molecule has 5 nitrogen and oxygen atoms in total. The van der Waals surface area contributed by atoms with Crippen molar-refractivity contribution in [2.75, 3.05) is 13.7 Å². The third-order valence-electron chi connectivity index (χ3n) is 6.12. The topological polar surface area (TPSA) is 56.1 Å². The molecule has 0 bridgehead atoms. The van der Waals surface area contributed by atoms with Gasteiger partial charge >= 0.3 is 0 Å². The predicted octanol–water partition coefficient (Wildman–Crippen LogP) is 5.56. The first-order valence-corrected chi connectivity index (χ1v) is 12.1. The Labute approximate surface area is 201 Å². The zero-order valence-corrected chi connectivity index (χ0v) is 19.9. The van der Waals surface area contributed by atoms with Gasteiger partial charge in [-0.2, -0.15) is 0 Å². The van der Waals surface area contributed by atoms with Crippen LogP contribution in [0, 0.1) is 0 Å². The third-order valence-corrected chi connectivity index (χ3v) is 6.12. The van der Waals surface area contributed by atoms with Crippen LogP contribution in [-0.4, -0.2) is 29.1 Å². The van der Waals surface area contributed by atoms with Gasteiger partial charge in [0.2, 0.25) is 5.91 Å². The number of aryl methyl sites for hydroxylation is 2. The second-order valence-corrected chi connectivity index (χ2v) is 8.60. The Kier molecular flexibility index (Phi) is 8.33. The number of rotatable bonds is 12. The zero-order valence-electron chi connectivity index (χ0n) is 19.9. The number of methoxy groups -OCH3 is 1. The van der Waals surface area contributed by atoms with Crippen LogP contribution >= 0.6 is 0 Å². The van der Waals surface area contributed by atoms with Crippen LogP contribution in [0.5, 0.6) is 5.75 Å². The molecule has 34 heavy (non-hydrogen) atoms. The van der Waals surface area contributed by atoms with E-state index >= 15 is 0 Å². The van der Waals surface area contributed by atoms with Crippen molar-refractivity contribution < 1.29 is 9.53 Å². The number of ether oxygens (including phenoxy) is 1. The van der Waals surface area contributed by atoms with Crippen LogP contribution in [0.3, 0.4) is 0 Å². The number of hydrogen-bond donors (Lipinski definition) is 1. The Morgan fingerprint density at radius 2 is 1.62 bits per heavy atom. The number of imidazole rings is 1. The molecule has 4 rings (SSSR count). The van der Waals surface area contributed by atoms with Crippen molar-refractivity contribution in [2.24, 2.45) is 0 Å². The van der Waals surface area contributed by atoms with Crippen molar-refractivity contribution in [3.63, 3.8) is 0 Å². The molecular formula is C29H33N3O2. The van der Waals surface area contributed by atoms with E-state index in [2.05, 4.69) is 52.3 Å². The molecule has 0 saturated heterocycles. The van der Waals surface area contributed by atoms with E-state index in [-0.39, 0.29) is 5.91 Å². The maximum atomic E-state index is 12.1. The monoisotopic (exact) mass is 455 g/mol. The fourth-order valence-corrected chi connectivity index (χ4v) is 4.21. The van der Waals surface area contributed by atoms with Crippen molar-refractivity contribution in [3.05, 3.63) is 95.8 Å². The average molecular weight is 456 g/mol. The van der Waals surface area contributed by atoms with Gasteiger partial charge in [0.15, 0.2) is 0 Å². The van der Waals surface area contributed by atoms with Crippen molar-refractivity contribution in [3.8, 4) is 5.75 Å². The van der Waals surface area contributed by atoms with E-state index in [4.69, 9.17) is 9.72 Å². The Morgan fingerprint density at radius 3 is 2.41 bits per heavy atom. The molecule has 4 aromatic rings. The molecule has 0 unspecified atom stereocenters. The summed E-state index contributed by atoms with van der Waals surface area (Å²) < 4.78 is 7.61. The highest BCUT2D eigenvalue weighted by Gasteiger charge is 2.11. The lowest BCUT2D eigenvalue weighted by Gasteiger charge is -2.10. The molecule has 1 heterocycles. The standard InChI is InChI=1S/C29H33N3O2/c1-34-25-18-15-24(16-19-25)22-32-27-13-8-7-12-26(27)31-28(32)14-6-3-9-21-30-29(33)20-17-23-10-4-2-5-11-23/h2,4-5,7-8,10-13,15-16,18-19H,3,6,9,14,17,20-22H2,1H3,(H,30,33). The Hall–Kier alpha value is -3.60. The number of benzene rings is 3. The molecule has 0 spiro atoms. The Balaban J connectivity index is 1.25. The third kappa shape index (κ3) is 6.47. The molecule has 0 saturated carbocycles. The number of nitrogens with one attached hydrogen (secondary N) is 1. The van der Waals surface area contributed by atoms with Gasteiger partial charge in [-0.15, -0.1) is 0 Å². The van der Waals surface area contributed by atoms with Gasteiger partial charge in [-0.25, -0.2) is 4.98 Å². The molecule has 0 radical (unpaired) electrons. The quantitative estimate of drug-likeness (QED) is 0.285. The molecule has 0 aliphatic heterocycles. The van der Waals surface area contributed by atoms with Crippen LogP contribution in [0.2, 0.25) is 0 Å². The van der Waals surface area contributed by atoms with Gasteiger partial charge in [-0.1, -0.05) is 61.0 Å². The van der Waals surface area contributed by atoms with E-state index < -0.39 is 0 Å². The number of unbranched alkanes of at least 4 members (excludes halogenated alkanes) is 2. The SMILES string of the molecule is COc1ccc(Cn2c(CCCCCNC(=O)CCc3ccccc3)nc3ccccc32)cc1. The molecule has 5 heteroatoms. The molecule has 3 aromatic carbocycles. The van der Waals surface area contributed by atoms with Crippen LogP contribution < -0.4 is 10.1 Å². The lowest BCUT2D eigenvalue weighted by atomic mass is 10.1. The van der Waals surface area contributed by atoms with Crippen LogP contribution in [-0.2, 0) is 24.2 Å². The number of nitrogens with zero attached hydrogens (tertiary/aromatic N) is 2. The molecule has 0 aliphatic carbocycles. The van der Waals surface area contributed by atoms with Gasteiger partial charge in [0.25, 0.3) is 0 Å². The second-order valence-electron chi connectivity index (χ2n) is 8.60. The number of fused-ring (bicyclic) bond motifs is 1. The fourth-order valence-electron chi connectivity index (χ4n) is 4.21. The summed E-state index contributed by atoms with van der Waals surface area (Å²) in [6.45, 7) is 1.52. The number of para-hydroxylation sites is 2. The molecule has 0 aliphatic rings. The highest BCUT2D eigenvalue weighted by molar-refractivity contribution is 5.76. The molecule has 0 fully saturated rings. The summed E-state index contributed by atoms with van der Waals surface area (Å²) in [7, 11) is 1.69. The zero-order chi connectivity index (χ0) is 23.6. The van der Waals surface area contributed by atoms with Gasteiger partial charge < -0.3 is 14.6 Å². The summed E-state index contributed by atoms with van der Waals surface area (Å²) in [6.07, 6.45) is 5.34. The van der Waals surface area contributed by atoms with Crippen LogP contribution in [0.15, 0.2) is 78.9 Å². The first kappa shape index (κ1) is 23.6. The lowest BCUT2D eigenvalue weighted by molar-refractivity contribution is -0.121. The fraction of sp³-hybridized carbons (Fsp3) is 0.310. The molecule has 0 atom stereocenters.